The molecular weight excluding hydrogens is 365 g/mol. The summed E-state index contributed by atoms with van der Waals surface area (Å²) in [7, 11) is 0. The van der Waals surface area contributed by atoms with E-state index in [4.69, 9.17) is 5.11 Å². The van der Waals surface area contributed by atoms with Gasteiger partial charge < -0.3 is 10.4 Å². The first-order chi connectivity index (χ1) is 8.51. The van der Waals surface area contributed by atoms with Crippen molar-refractivity contribution in [2.24, 2.45) is 0 Å². The molecule has 0 spiro atoms. The van der Waals surface area contributed by atoms with Crippen molar-refractivity contribution in [2.75, 3.05) is 0 Å². The van der Waals surface area contributed by atoms with Gasteiger partial charge in [-0.25, -0.2) is 0 Å². The van der Waals surface area contributed by atoms with Crippen LogP contribution in [0.25, 0.3) is 0 Å². The lowest BCUT2D eigenvalue weighted by atomic mass is 9.93. The van der Waals surface area contributed by atoms with E-state index in [1.54, 1.807) is 5.38 Å². The van der Waals surface area contributed by atoms with E-state index in [0.717, 1.165) is 28.6 Å². The topological polar surface area (TPSA) is 66.4 Å². The third kappa shape index (κ3) is 3.23. The summed E-state index contributed by atoms with van der Waals surface area (Å²) in [4.78, 5) is 23.0. The van der Waals surface area contributed by atoms with Gasteiger partial charge in [0, 0.05) is 5.38 Å². The number of thiophene rings is 1. The second-order valence-corrected chi connectivity index (χ2v) is 7.46. The maximum atomic E-state index is 12.1. The summed E-state index contributed by atoms with van der Waals surface area (Å²) >= 11 is 3.68. The molecule has 6 heteroatoms. The molecule has 0 unspecified atom stereocenters. The molecule has 0 aliphatic heterocycles. The van der Waals surface area contributed by atoms with Crippen LogP contribution < -0.4 is 5.32 Å². The molecule has 1 aliphatic rings. The van der Waals surface area contributed by atoms with Crippen LogP contribution in [0.4, 0.5) is 0 Å². The quantitative estimate of drug-likeness (QED) is 0.791. The summed E-state index contributed by atoms with van der Waals surface area (Å²) in [6, 6.07) is 1.82. The van der Waals surface area contributed by atoms with Gasteiger partial charge in [0.1, 0.15) is 0 Å². The lowest BCUT2D eigenvalue weighted by Gasteiger charge is -2.28. The molecule has 1 aliphatic carbocycles. The fourth-order valence-electron chi connectivity index (χ4n) is 2.43. The SMILES string of the molecule is O=C(O)CC1(NC(=O)c2csc(I)c2)CCCC1. The Bertz CT molecular complexity index is 466. The molecule has 1 aromatic heterocycles. The Balaban J connectivity index is 2.09. The van der Waals surface area contributed by atoms with Crippen molar-refractivity contribution in [1.29, 1.82) is 0 Å². The Labute approximate surface area is 123 Å². The maximum Gasteiger partial charge on any atom is 0.305 e. The summed E-state index contributed by atoms with van der Waals surface area (Å²) in [5.74, 6) is -1.01. The van der Waals surface area contributed by atoms with Crippen LogP contribution in [0.5, 0.6) is 0 Å². The zero-order chi connectivity index (χ0) is 13.2. The van der Waals surface area contributed by atoms with Crippen molar-refractivity contribution in [3.8, 4) is 0 Å². The monoisotopic (exact) mass is 379 g/mol. The molecule has 0 aromatic carbocycles. The van der Waals surface area contributed by atoms with E-state index in [2.05, 4.69) is 27.9 Å². The molecule has 1 saturated carbocycles. The highest BCUT2D eigenvalue weighted by Crippen LogP contribution is 2.33. The van der Waals surface area contributed by atoms with Gasteiger partial charge in [0.05, 0.1) is 20.4 Å². The highest BCUT2D eigenvalue weighted by molar-refractivity contribution is 14.1. The number of amides is 1. The minimum Gasteiger partial charge on any atom is -0.481 e. The Kier molecular flexibility index (Phi) is 4.26. The first-order valence-electron chi connectivity index (χ1n) is 5.79. The average Bonchev–Trinajstić information content (AvgIpc) is 2.87. The van der Waals surface area contributed by atoms with E-state index in [9.17, 15) is 9.59 Å². The summed E-state index contributed by atoms with van der Waals surface area (Å²) in [5, 5.41) is 13.7. The molecule has 1 amide bonds. The number of nitrogens with one attached hydrogen (secondary N) is 1. The van der Waals surface area contributed by atoms with Crippen LogP contribution in [0.2, 0.25) is 0 Å². The average molecular weight is 379 g/mol. The lowest BCUT2D eigenvalue weighted by Crippen LogP contribution is -2.47. The number of aliphatic carboxylic acids is 1. The highest BCUT2D eigenvalue weighted by atomic mass is 127. The number of carbonyl (C=O) groups is 2. The zero-order valence-corrected chi connectivity index (χ0v) is 12.7. The van der Waals surface area contributed by atoms with E-state index in [-0.39, 0.29) is 12.3 Å². The van der Waals surface area contributed by atoms with Crippen LogP contribution in [0.3, 0.4) is 0 Å². The molecule has 1 fully saturated rings. The van der Waals surface area contributed by atoms with Gasteiger partial charge in [-0.2, -0.15) is 0 Å². The molecule has 0 atom stereocenters. The van der Waals surface area contributed by atoms with Crippen LogP contribution >= 0.6 is 33.9 Å². The Morgan fingerprint density at radius 2 is 2.11 bits per heavy atom. The zero-order valence-electron chi connectivity index (χ0n) is 9.74. The molecular formula is C12H14INO3S. The van der Waals surface area contributed by atoms with Crippen molar-refractivity contribution in [3.05, 3.63) is 19.9 Å². The maximum absolute atomic E-state index is 12.1. The number of rotatable bonds is 4. The lowest BCUT2D eigenvalue weighted by molar-refractivity contribution is -0.138. The van der Waals surface area contributed by atoms with Crippen molar-refractivity contribution in [1.82, 2.24) is 5.32 Å². The molecule has 2 N–H and O–H groups in total. The molecule has 0 radical (unpaired) electrons. The summed E-state index contributed by atoms with van der Waals surface area (Å²) < 4.78 is 1.05. The standard InChI is InChI=1S/C12H14INO3S/c13-9-5-8(7-18-9)11(17)14-12(6-10(15)16)3-1-2-4-12/h5,7H,1-4,6H2,(H,14,17)(H,15,16). The largest absolute Gasteiger partial charge is 0.481 e. The van der Waals surface area contributed by atoms with Crippen LogP contribution in [-0.2, 0) is 4.79 Å². The predicted octanol–water partition coefficient (Wildman–Crippen LogP) is 2.87. The van der Waals surface area contributed by atoms with Gasteiger partial charge in [-0.15, -0.1) is 11.3 Å². The molecule has 0 saturated heterocycles. The molecule has 18 heavy (non-hydrogen) atoms. The highest BCUT2D eigenvalue weighted by Gasteiger charge is 2.37. The van der Waals surface area contributed by atoms with Crippen molar-refractivity contribution in [3.63, 3.8) is 0 Å². The number of halogens is 1. The normalized spacial score (nSPS) is 17.6. The Hall–Kier alpha value is -0.630. The van der Waals surface area contributed by atoms with E-state index >= 15 is 0 Å². The smallest absolute Gasteiger partial charge is 0.305 e. The first-order valence-corrected chi connectivity index (χ1v) is 7.75. The predicted molar refractivity (Wildman–Crippen MR) is 78.0 cm³/mol. The van der Waals surface area contributed by atoms with E-state index in [1.165, 1.54) is 11.3 Å². The van der Waals surface area contributed by atoms with Crippen LogP contribution in [0.15, 0.2) is 11.4 Å². The molecule has 1 heterocycles. The van der Waals surface area contributed by atoms with Gasteiger partial charge in [-0.1, -0.05) is 12.8 Å². The van der Waals surface area contributed by atoms with Crippen molar-refractivity contribution >= 4 is 45.8 Å². The molecule has 98 valence electrons. The van der Waals surface area contributed by atoms with Gasteiger partial charge in [0.25, 0.3) is 5.91 Å². The van der Waals surface area contributed by atoms with Gasteiger partial charge in [0.2, 0.25) is 0 Å². The first kappa shape index (κ1) is 13.8. The molecule has 0 bridgehead atoms. The Morgan fingerprint density at radius 1 is 1.44 bits per heavy atom. The van der Waals surface area contributed by atoms with Gasteiger partial charge >= 0.3 is 5.97 Å². The fraction of sp³-hybridized carbons (Fsp3) is 0.500. The van der Waals surface area contributed by atoms with E-state index in [1.807, 2.05) is 6.07 Å². The van der Waals surface area contributed by atoms with Crippen LogP contribution in [-0.4, -0.2) is 22.5 Å². The van der Waals surface area contributed by atoms with Crippen molar-refractivity contribution in [2.45, 2.75) is 37.6 Å². The second-order valence-electron chi connectivity index (χ2n) is 4.65. The fourth-order valence-corrected chi connectivity index (χ4v) is 3.76. The van der Waals surface area contributed by atoms with Gasteiger partial charge in [0.15, 0.2) is 0 Å². The van der Waals surface area contributed by atoms with E-state index < -0.39 is 11.5 Å². The third-order valence-corrected chi connectivity index (χ3v) is 5.05. The summed E-state index contributed by atoms with van der Waals surface area (Å²) in [6.45, 7) is 0. The number of carbonyl (C=O) groups excluding carboxylic acids is 1. The number of hydrogen-bond donors (Lipinski definition) is 2. The minimum absolute atomic E-state index is 0.0139. The Morgan fingerprint density at radius 3 is 2.61 bits per heavy atom. The van der Waals surface area contributed by atoms with Gasteiger partial charge in [-0.3, -0.25) is 9.59 Å². The second kappa shape index (κ2) is 5.56. The van der Waals surface area contributed by atoms with Gasteiger partial charge in [-0.05, 0) is 41.5 Å². The molecule has 1 aromatic rings. The summed E-state index contributed by atoms with van der Waals surface area (Å²) in [6.07, 6.45) is 3.49. The third-order valence-electron chi connectivity index (χ3n) is 3.26. The van der Waals surface area contributed by atoms with Crippen molar-refractivity contribution < 1.29 is 14.7 Å². The molecule has 4 nitrogen and oxygen atoms in total. The molecule has 2 rings (SSSR count). The number of hydrogen-bond acceptors (Lipinski definition) is 3. The van der Waals surface area contributed by atoms with Crippen LogP contribution in [0, 0.1) is 2.88 Å². The van der Waals surface area contributed by atoms with E-state index in [0.29, 0.717) is 5.56 Å². The summed E-state index contributed by atoms with van der Waals surface area (Å²) in [5.41, 5.74) is 0.0806. The van der Waals surface area contributed by atoms with Crippen LogP contribution in [0.1, 0.15) is 42.5 Å². The number of carboxylic acid groups (broad SMARTS) is 1. The minimum atomic E-state index is -0.850. The number of carboxylic acids is 1.